The number of anilines is 3. The molecule has 0 atom stereocenters. The maximum atomic E-state index is 6.01. The molecule has 2 heterocycles. The summed E-state index contributed by atoms with van der Waals surface area (Å²) in [7, 11) is 0. The van der Waals surface area contributed by atoms with Crippen LogP contribution in [0.15, 0.2) is 24.3 Å². The Kier molecular flexibility index (Phi) is 4.17. The fraction of sp³-hybridized carbons (Fsp3) is 0.357. The van der Waals surface area contributed by atoms with Gasteiger partial charge in [-0.05, 0) is 36.2 Å². The Bertz CT molecular complexity index is 631. The van der Waals surface area contributed by atoms with Crippen LogP contribution in [0.1, 0.15) is 5.56 Å². The summed E-state index contributed by atoms with van der Waals surface area (Å²) in [5.41, 5.74) is 2.08. The predicted octanol–water partition coefficient (Wildman–Crippen LogP) is 2.41. The van der Waals surface area contributed by atoms with Gasteiger partial charge in [0.05, 0.1) is 13.2 Å². The van der Waals surface area contributed by atoms with Crippen LogP contribution in [0.4, 0.5) is 17.6 Å². The minimum atomic E-state index is 0.182. The zero-order valence-corrected chi connectivity index (χ0v) is 12.5. The van der Waals surface area contributed by atoms with Gasteiger partial charge in [-0.2, -0.15) is 15.0 Å². The Labute approximate surface area is 128 Å². The van der Waals surface area contributed by atoms with E-state index in [0.29, 0.717) is 25.1 Å². The minimum Gasteiger partial charge on any atom is -0.378 e. The van der Waals surface area contributed by atoms with Crippen LogP contribution in [0.25, 0.3) is 0 Å². The second-order valence-electron chi connectivity index (χ2n) is 4.82. The third-order valence-electron chi connectivity index (χ3n) is 3.16. The number of hydrogen-bond donors (Lipinski definition) is 1. The Morgan fingerprint density at radius 3 is 2.76 bits per heavy atom. The first kappa shape index (κ1) is 14.0. The zero-order chi connectivity index (χ0) is 14.7. The van der Waals surface area contributed by atoms with Crippen LogP contribution >= 0.6 is 11.6 Å². The molecular formula is C14H16ClN5O. The van der Waals surface area contributed by atoms with Gasteiger partial charge in [-0.3, -0.25) is 0 Å². The van der Waals surface area contributed by atoms with E-state index in [-0.39, 0.29) is 5.28 Å². The third-order valence-corrected chi connectivity index (χ3v) is 3.33. The van der Waals surface area contributed by atoms with Crippen LogP contribution < -0.4 is 10.2 Å². The van der Waals surface area contributed by atoms with Crippen molar-refractivity contribution in [1.29, 1.82) is 0 Å². The summed E-state index contributed by atoms with van der Waals surface area (Å²) in [6, 6.07) is 7.99. The van der Waals surface area contributed by atoms with E-state index in [0.717, 1.165) is 24.3 Å². The second kappa shape index (κ2) is 6.24. The number of rotatable bonds is 3. The molecule has 0 amide bonds. The molecule has 0 aliphatic carbocycles. The lowest BCUT2D eigenvalue weighted by molar-refractivity contribution is 0.122. The fourth-order valence-electron chi connectivity index (χ4n) is 2.15. The molecule has 2 aromatic rings. The summed E-state index contributed by atoms with van der Waals surface area (Å²) in [5.74, 6) is 1.02. The topological polar surface area (TPSA) is 63.2 Å². The molecule has 110 valence electrons. The van der Waals surface area contributed by atoms with Crippen molar-refractivity contribution in [3.05, 3.63) is 35.1 Å². The molecule has 1 aliphatic rings. The Hall–Kier alpha value is -1.92. The highest BCUT2D eigenvalue weighted by atomic mass is 35.5. The highest BCUT2D eigenvalue weighted by molar-refractivity contribution is 6.28. The minimum absolute atomic E-state index is 0.182. The normalized spacial score (nSPS) is 15.0. The number of nitrogens with one attached hydrogen (secondary N) is 1. The lowest BCUT2D eigenvalue weighted by Gasteiger charge is -2.26. The number of hydrogen-bond acceptors (Lipinski definition) is 6. The first-order valence-electron chi connectivity index (χ1n) is 6.79. The SMILES string of the molecule is Cc1cccc(Nc2nc(Cl)nc(N3CCOCC3)n2)c1. The monoisotopic (exact) mass is 305 g/mol. The van der Waals surface area contributed by atoms with Crippen molar-refractivity contribution in [3.63, 3.8) is 0 Å². The quantitative estimate of drug-likeness (QED) is 0.939. The third kappa shape index (κ3) is 3.59. The molecule has 1 aromatic carbocycles. The van der Waals surface area contributed by atoms with Gasteiger partial charge in [-0.1, -0.05) is 12.1 Å². The molecule has 0 bridgehead atoms. The van der Waals surface area contributed by atoms with E-state index in [2.05, 4.69) is 20.3 Å². The summed E-state index contributed by atoms with van der Waals surface area (Å²) in [4.78, 5) is 14.8. The summed E-state index contributed by atoms with van der Waals surface area (Å²) >= 11 is 6.01. The highest BCUT2D eigenvalue weighted by Gasteiger charge is 2.16. The lowest BCUT2D eigenvalue weighted by Crippen LogP contribution is -2.37. The summed E-state index contributed by atoms with van der Waals surface area (Å²) in [6.07, 6.45) is 0. The van der Waals surface area contributed by atoms with Gasteiger partial charge in [0.25, 0.3) is 0 Å². The summed E-state index contributed by atoms with van der Waals surface area (Å²) < 4.78 is 5.33. The van der Waals surface area contributed by atoms with Crippen molar-refractivity contribution in [1.82, 2.24) is 15.0 Å². The van der Waals surface area contributed by atoms with Gasteiger partial charge in [-0.15, -0.1) is 0 Å². The molecule has 1 aliphatic heterocycles. The van der Waals surface area contributed by atoms with E-state index in [4.69, 9.17) is 16.3 Å². The smallest absolute Gasteiger partial charge is 0.233 e. The van der Waals surface area contributed by atoms with Gasteiger partial charge in [0, 0.05) is 18.8 Å². The molecule has 1 fully saturated rings. The van der Waals surface area contributed by atoms with Crippen LogP contribution in [0, 0.1) is 6.92 Å². The van der Waals surface area contributed by atoms with Crippen molar-refractivity contribution in [2.75, 3.05) is 36.5 Å². The standard InChI is InChI=1S/C14H16ClN5O/c1-10-3-2-4-11(9-10)16-13-17-12(15)18-14(19-13)20-5-7-21-8-6-20/h2-4,9H,5-8H2,1H3,(H,16,17,18,19). The molecule has 0 radical (unpaired) electrons. The Balaban J connectivity index is 1.83. The number of halogens is 1. The van der Waals surface area contributed by atoms with Crippen molar-refractivity contribution in [2.45, 2.75) is 6.92 Å². The van der Waals surface area contributed by atoms with Crippen molar-refractivity contribution >= 4 is 29.2 Å². The van der Waals surface area contributed by atoms with E-state index in [1.807, 2.05) is 36.1 Å². The molecular weight excluding hydrogens is 290 g/mol. The van der Waals surface area contributed by atoms with Crippen molar-refractivity contribution in [3.8, 4) is 0 Å². The molecule has 21 heavy (non-hydrogen) atoms. The first-order valence-corrected chi connectivity index (χ1v) is 7.16. The largest absolute Gasteiger partial charge is 0.378 e. The van der Waals surface area contributed by atoms with Crippen LogP contribution in [-0.4, -0.2) is 41.3 Å². The van der Waals surface area contributed by atoms with Crippen LogP contribution in [0.2, 0.25) is 5.28 Å². The number of nitrogens with zero attached hydrogens (tertiary/aromatic N) is 4. The molecule has 1 saturated heterocycles. The van der Waals surface area contributed by atoms with E-state index in [1.54, 1.807) is 0 Å². The van der Waals surface area contributed by atoms with Gasteiger partial charge in [0.1, 0.15) is 0 Å². The Morgan fingerprint density at radius 1 is 1.19 bits per heavy atom. The van der Waals surface area contributed by atoms with Gasteiger partial charge in [0.2, 0.25) is 17.2 Å². The molecule has 0 spiro atoms. The highest BCUT2D eigenvalue weighted by Crippen LogP contribution is 2.19. The molecule has 7 heteroatoms. The molecule has 1 N–H and O–H groups in total. The van der Waals surface area contributed by atoms with Gasteiger partial charge < -0.3 is 15.0 Å². The molecule has 0 unspecified atom stereocenters. The van der Waals surface area contributed by atoms with Crippen LogP contribution in [-0.2, 0) is 4.74 Å². The number of aryl methyl sites for hydroxylation is 1. The number of aromatic nitrogens is 3. The van der Waals surface area contributed by atoms with E-state index >= 15 is 0 Å². The number of benzene rings is 1. The van der Waals surface area contributed by atoms with Gasteiger partial charge >= 0.3 is 0 Å². The first-order chi connectivity index (χ1) is 10.2. The van der Waals surface area contributed by atoms with E-state index in [9.17, 15) is 0 Å². The number of morpholine rings is 1. The fourth-order valence-corrected chi connectivity index (χ4v) is 2.31. The predicted molar refractivity (Wildman–Crippen MR) is 82.3 cm³/mol. The lowest BCUT2D eigenvalue weighted by atomic mass is 10.2. The Morgan fingerprint density at radius 2 is 2.00 bits per heavy atom. The van der Waals surface area contributed by atoms with Crippen LogP contribution in [0.3, 0.4) is 0 Å². The number of ether oxygens (including phenoxy) is 1. The zero-order valence-electron chi connectivity index (χ0n) is 11.7. The van der Waals surface area contributed by atoms with Crippen LogP contribution in [0.5, 0.6) is 0 Å². The molecule has 6 nitrogen and oxygen atoms in total. The second-order valence-corrected chi connectivity index (χ2v) is 5.16. The average molecular weight is 306 g/mol. The van der Waals surface area contributed by atoms with Gasteiger partial charge in [0.15, 0.2) is 0 Å². The maximum absolute atomic E-state index is 6.01. The van der Waals surface area contributed by atoms with Crippen molar-refractivity contribution in [2.24, 2.45) is 0 Å². The maximum Gasteiger partial charge on any atom is 0.233 e. The molecule has 1 aromatic heterocycles. The average Bonchev–Trinajstić information content (AvgIpc) is 2.47. The van der Waals surface area contributed by atoms with E-state index in [1.165, 1.54) is 0 Å². The van der Waals surface area contributed by atoms with Crippen molar-refractivity contribution < 1.29 is 4.74 Å². The van der Waals surface area contributed by atoms with E-state index < -0.39 is 0 Å². The van der Waals surface area contributed by atoms with Gasteiger partial charge in [-0.25, -0.2) is 0 Å². The summed E-state index contributed by atoms with van der Waals surface area (Å²) in [6.45, 7) is 4.88. The summed E-state index contributed by atoms with van der Waals surface area (Å²) in [5, 5.41) is 3.34. The molecule has 0 saturated carbocycles. The molecule has 3 rings (SSSR count).